The molecule has 0 spiro atoms. The second-order valence-corrected chi connectivity index (χ2v) is 7.58. The molecule has 1 saturated heterocycles. The Morgan fingerprint density at radius 1 is 1.24 bits per heavy atom. The van der Waals surface area contributed by atoms with Crippen molar-refractivity contribution in [3.8, 4) is 0 Å². The Labute approximate surface area is 131 Å². The maximum Gasteiger partial charge on any atom is 0.0724 e. The number of piperidine rings is 1. The molecule has 3 heteroatoms. The molecule has 124 valence electrons. The highest BCUT2D eigenvalue weighted by Crippen LogP contribution is 2.34. The molecular weight excluding hydrogens is 260 g/mol. The molecule has 0 amide bonds. The van der Waals surface area contributed by atoms with Gasteiger partial charge < -0.3 is 10.1 Å². The fourth-order valence-corrected chi connectivity index (χ4v) is 4.35. The molecule has 0 aromatic carbocycles. The predicted molar refractivity (Wildman–Crippen MR) is 89.6 cm³/mol. The van der Waals surface area contributed by atoms with E-state index in [-0.39, 0.29) is 0 Å². The number of nitrogens with zero attached hydrogens (tertiary/aromatic N) is 1. The highest BCUT2D eigenvalue weighted by Gasteiger charge is 2.38. The number of ether oxygens (including phenoxy) is 1. The largest absolute Gasteiger partial charge is 0.380 e. The first kappa shape index (κ1) is 17.2. The summed E-state index contributed by atoms with van der Waals surface area (Å²) in [5.41, 5.74) is 0. The van der Waals surface area contributed by atoms with Gasteiger partial charge in [-0.25, -0.2) is 0 Å². The number of methoxy groups -OCH3 is 1. The molecule has 0 aromatic heterocycles. The fourth-order valence-electron chi connectivity index (χ4n) is 4.35. The van der Waals surface area contributed by atoms with Crippen LogP contribution in [0.5, 0.6) is 0 Å². The van der Waals surface area contributed by atoms with Crippen LogP contribution in [0.4, 0.5) is 0 Å². The Morgan fingerprint density at radius 3 is 2.62 bits per heavy atom. The summed E-state index contributed by atoms with van der Waals surface area (Å²) < 4.78 is 5.73. The van der Waals surface area contributed by atoms with Crippen molar-refractivity contribution in [3.63, 3.8) is 0 Å². The van der Waals surface area contributed by atoms with E-state index in [0.29, 0.717) is 24.1 Å². The number of likely N-dealkylation sites (tertiary alicyclic amines) is 1. The lowest BCUT2D eigenvalue weighted by molar-refractivity contribution is -0.0358. The first-order valence-electron chi connectivity index (χ1n) is 9.07. The molecule has 1 N–H and O–H groups in total. The topological polar surface area (TPSA) is 24.5 Å². The van der Waals surface area contributed by atoms with E-state index >= 15 is 0 Å². The van der Waals surface area contributed by atoms with Gasteiger partial charge in [-0.3, -0.25) is 4.90 Å². The van der Waals surface area contributed by atoms with E-state index in [1.807, 2.05) is 7.11 Å². The average molecular weight is 296 g/mol. The van der Waals surface area contributed by atoms with Gasteiger partial charge in [-0.1, -0.05) is 27.7 Å². The van der Waals surface area contributed by atoms with Gasteiger partial charge in [0.2, 0.25) is 0 Å². The summed E-state index contributed by atoms with van der Waals surface area (Å²) >= 11 is 0. The average Bonchev–Trinajstić information content (AvgIpc) is 2.48. The van der Waals surface area contributed by atoms with E-state index in [1.165, 1.54) is 32.2 Å². The van der Waals surface area contributed by atoms with E-state index in [9.17, 15) is 0 Å². The maximum atomic E-state index is 5.73. The molecular formula is C18H36N2O. The molecule has 5 atom stereocenters. The molecule has 1 saturated carbocycles. The minimum Gasteiger partial charge on any atom is -0.380 e. The zero-order valence-electron chi connectivity index (χ0n) is 14.8. The van der Waals surface area contributed by atoms with Gasteiger partial charge in [-0.2, -0.15) is 0 Å². The monoisotopic (exact) mass is 296 g/mol. The third-order valence-electron chi connectivity index (χ3n) is 5.96. The van der Waals surface area contributed by atoms with E-state index < -0.39 is 0 Å². The van der Waals surface area contributed by atoms with Crippen molar-refractivity contribution in [1.29, 1.82) is 0 Å². The van der Waals surface area contributed by atoms with Gasteiger partial charge in [0.1, 0.15) is 0 Å². The van der Waals surface area contributed by atoms with Crippen LogP contribution in [0.25, 0.3) is 0 Å². The van der Waals surface area contributed by atoms with Crippen LogP contribution in [0, 0.1) is 17.8 Å². The Kier molecular flexibility index (Phi) is 6.51. The lowest BCUT2D eigenvalue weighted by atomic mass is 9.75. The summed E-state index contributed by atoms with van der Waals surface area (Å²) in [5.74, 6) is 2.41. The second-order valence-electron chi connectivity index (χ2n) is 7.58. The summed E-state index contributed by atoms with van der Waals surface area (Å²) in [6.07, 6.45) is 5.79. The number of rotatable bonds is 5. The lowest BCUT2D eigenvalue weighted by Gasteiger charge is -2.47. The number of hydrogen-bond donors (Lipinski definition) is 1. The Hall–Kier alpha value is -0.120. The van der Waals surface area contributed by atoms with Crippen molar-refractivity contribution in [2.75, 3.05) is 26.7 Å². The Morgan fingerprint density at radius 2 is 2.00 bits per heavy atom. The van der Waals surface area contributed by atoms with Gasteiger partial charge in [0.25, 0.3) is 0 Å². The molecule has 21 heavy (non-hydrogen) atoms. The van der Waals surface area contributed by atoms with Crippen LogP contribution < -0.4 is 5.32 Å². The smallest absolute Gasteiger partial charge is 0.0724 e. The number of hydrogen-bond acceptors (Lipinski definition) is 3. The van der Waals surface area contributed by atoms with E-state index in [4.69, 9.17) is 4.74 Å². The van der Waals surface area contributed by atoms with Gasteiger partial charge in [-0.15, -0.1) is 0 Å². The maximum absolute atomic E-state index is 5.73. The van der Waals surface area contributed by atoms with Crippen molar-refractivity contribution < 1.29 is 4.74 Å². The van der Waals surface area contributed by atoms with Gasteiger partial charge in [0.15, 0.2) is 0 Å². The first-order valence-corrected chi connectivity index (χ1v) is 9.07. The standard InChI is InChI=1S/C18H36N2O/c1-6-19-16-8-7-15(13(2)3)11-17(16)20-10-9-14(4)18(12-20)21-5/h13-19H,6-12H2,1-5H3. The normalized spacial score (nSPS) is 38.9. The summed E-state index contributed by atoms with van der Waals surface area (Å²) in [4.78, 5) is 2.73. The molecule has 2 aliphatic rings. The molecule has 1 heterocycles. The van der Waals surface area contributed by atoms with Crippen molar-refractivity contribution in [1.82, 2.24) is 10.2 Å². The molecule has 1 aliphatic heterocycles. The molecule has 2 fully saturated rings. The van der Waals surface area contributed by atoms with Gasteiger partial charge in [0, 0.05) is 25.7 Å². The molecule has 0 aromatic rings. The van der Waals surface area contributed by atoms with E-state index in [2.05, 4.69) is 37.9 Å². The number of nitrogens with one attached hydrogen (secondary N) is 1. The van der Waals surface area contributed by atoms with Crippen molar-refractivity contribution in [2.24, 2.45) is 17.8 Å². The molecule has 0 radical (unpaired) electrons. The Balaban J connectivity index is 2.04. The highest BCUT2D eigenvalue weighted by molar-refractivity contribution is 4.94. The molecule has 1 aliphatic carbocycles. The van der Waals surface area contributed by atoms with Crippen molar-refractivity contribution in [3.05, 3.63) is 0 Å². The van der Waals surface area contributed by atoms with Crippen LogP contribution >= 0.6 is 0 Å². The van der Waals surface area contributed by atoms with Gasteiger partial charge in [-0.05, 0) is 56.5 Å². The van der Waals surface area contributed by atoms with Crippen LogP contribution in [-0.2, 0) is 4.74 Å². The van der Waals surface area contributed by atoms with Crippen LogP contribution in [-0.4, -0.2) is 49.8 Å². The quantitative estimate of drug-likeness (QED) is 0.843. The first-order chi connectivity index (χ1) is 10.1. The minimum absolute atomic E-state index is 0.417. The lowest BCUT2D eigenvalue weighted by Crippen LogP contribution is -2.58. The zero-order chi connectivity index (χ0) is 15.4. The number of likely N-dealkylation sites (N-methyl/N-ethyl adjacent to an activating group) is 1. The van der Waals surface area contributed by atoms with E-state index in [1.54, 1.807) is 0 Å². The van der Waals surface area contributed by atoms with Crippen molar-refractivity contribution >= 4 is 0 Å². The van der Waals surface area contributed by atoms with Gasteiger partial charge in [0.05, 0.1) is 6.10 Å². The second kappa shape index (κ2) is 7.94. The Bertz CT molecular complexity index is 308. The highest BCUT2D eigenvalue weighted by atomic mass is 16.5. The van der Waals surface area contributed by atoms with Crippen LogP contribution in [0.2, 0.25) is 0 Å². The predicted octanol–water partition coefficient (Wildman–Crippen LogP) is 3.15. The van der Waals surface area contributed by atoms with Gasteiger partial charge >= 0.3 is 0 Å². The third-order valence-corrected chi connectivity index (χ3v) is 5.96. The van der Waals surface area contributed by atoms with Crippen LogP contribution in [0.3, 0.4) is 0 Å². The molecule has 0 bridgehead atoms. The molecule has 5 unspecified atom stereocenters. The van der Waals surface area contributed by atoms with Crippen LogP contribution in [0.15, 0.2) is 0 Å². The van der Waals surface area contributed by atoms with E-state index in [0.717, 1.165) is 24.9 Å². The summed E-state index contributed by atoms with van der Waals surface area (Å²) in [7, 11) is 1.88. The fraction of sp³-hybridized carbons (Fsp3) is 1.00. The van der Waals surface area contributed by atoms with Crippen molar-refractivity contribution in [2.45, 2.75) is 71.6 Å². The van der Waals surface area contributed by atoms with Crippen LogP contribution in [0.1, 0.15) is 53.4 Å². The molecule has 2 rings (SSSR count). The SMILES string of the molecule is CCNC1CCC(C(C)C)CC1N1CCC(C)C(OC)C1. The summed E-state index contributed by atoms with van der Waals surface area (Å²) in [6, 6.07) is 1.38. The summed E-state index contributed by atoms with van der Waals surface area (Å²) in [5, 5.41) is 3.75. The zero-order valence-corrected chi connectivity index (χ0v) is 14.8. The minimum atomic E-state index is 0.417. The third kappa shape index (κ3) is 4.20. The summed E-state index contributed by atoms with van der Waals surface area (Å²) in [6.45, 7) is 12.8. The molecule has 3 nitrogen and oxygen atoms in total.